The lowest BCUT2D eigenvalue weighted by Gasteiger charge is -2.23. The van der Waals surface area contributed by atoms with Crippen LogP contribution in [0.25, 0.3) is 11.3 Å². The first kappa shape index (κ1) is 17.2. The Bertz CT molecular complexity index is 691. The quantitative estimate of drug-likeness (QED) is 0.820. The van der Waals surface area contributed by atoms with Crippen LogP contribution in [0.1, 0.15) is 30.8 Å². The Hall–Kier alpha value is -1.66. The van der Waals surface area contributed by atoms with Gasteiger partial charge in [0.1, 0.15) is 0 Å². The highest BCUT2D eigenvalue weighted by Crippen LogP contribution is 2.26. The Balaban J connectivity index is 1.57. The van der Waals surface area contributed by atoms with E-state index in [2.05, 4.69) is 31.5 Å². The summed E-state index contributed by atoms with van der Waals surface area (Å²) in [6.07, 6.45) is 2.92. The van der Waals surface area contributed by atoms with Crippen LogP contribution >= 0.6 is 15.9 Å². The summed E-state index contributed by atoms with van der Waals surface area (Å²) >= 11 is 3.43. The second kappa shape index (κ2) is 7.94. The summed E-state index contributed by atoms with van der Waals surface area (Å²) in [5.74, 6) is 1.46. The monoisotopic (exact) mass is 391 g/mol. The summed E-state index contributed by atoms with van der Waals surface area (Å²) < 4.78 is 6.89. The van der Waals surface area contributed by atoms with Gasteiger partial charge in [-0.15, -0.1) is 0 Å². The number of benzene rings is 1. The van der Waals surface area contributed by atoms with E-state index in [1.807, 2.05) is 31.2 Å². The van der Waals surface area contributed by atoms with Crippen LogP contribution in [0.3, 0.4) is 0 Å². The summed E-state index contributed by atoms with van der Waals surface area (Å²) in [5, 5.41) is 6.39. The lowest BCUT2D eigenvalue weighted by molar-refractivity contribution is -0.122. The van der Waals surface area contributed by atoms with Gasteiger partial charge in [0.2, 0.25) is 5.91 Å². The smallest absolute Gasteiger partial charge is 0.220 e. The number of aromatic nitrogens is 1. The van der Waals surface area contributed by atoms with Gasteiger partial charge in [0.05, 0.1) is 5.69 Å². The Morgan fingerprint density at radius 2 is 2.04 bits per heavy atom. The molecule has 1 saturated heterocycles. The molecule has 1 aromatic heterocycles. The van der Waals surface area contributed by atoms with E-state index in [0.29, 0.717) is 24.8 Å². The molecule has 2 heterocycles. The highest BCUT2D eigenvalue weighted by molar-refractivity contribution is 9.10. The van der Waals surface area contributed by atoms with Crippen molar-refractivity contribution in [2.45, 2.75) is 38.6 Å². The highest BCUT2D eigenvalue weighted by atomic mass is 79.9. The molecule has 0 spiro atoms. The maximum absolute atomic E-state index is 12.1. The van der Waals surface area contributed by atoms with E-state index in [9.17, 15) is 4.79 Å². The Labute approximate surface area is 150 Å². The van der Waals surface area contributed by atoms with Crippen LogP contribution in [-0.4, -0.2) is 30.0 Å². The van der Waals surface area contributed by atoms with Crippen molar-refractivity contribution in [3.8, 4) is 11.3 Å². The van der Waals surface area contributed by atoms with Crippen LogP contribution < -0.4 is 10.6 Å². The Kier molecular flexibility index (Phi) is 5.68. The fourth-order valence-corrected chi connectivity index (χ4v) is 3.18. The molecule has 2 aromatic rings. The third kappa shape index (κ3) is 4.45. The third-order valence-corrected chi connectivity index (χ3v) is 4.75. The van der Waals surface area contributed by atoms with Crippen molar-refractivity contribution in [2.75, 3.05) is 13.1 Å². The number of hydrogen-bond acceptors (Lipinski definition) is 4. The number of oxazole rings is 1. The van der Waals surface area contributed by atoms with Gasteiger partial charge in [-0.05, 0) is 45.0 Å². The molecule has 0 bridgehead atoms. The number of carbonyl (C=O) groups excluding carboxylic acids is 1. The predicted molar refractivity (Wildman–Crippen MR) is 96.7 cm³/mol. The van der Waals surface area contributed by atoms with Gasteiger partial charge in [-0.25, -0.2) is 4.98 Å². The fourth-order valence-electron chi connectivity index (χ4n) is 2.91. The first-order valence-electron chi connectivity index (χ1n) is 8.34. The molecular weight excluding hydrogens is 370 g/mol. The molecule has 6 heteroatoms. The van der Waals surface area contributed by atoms with Crippen molar-refractivity contribution in [3.63, 3.8) is 0 Å². The maximum Gasteiger partial charge on any atom is 0.220 e. The average molecular weight is 392 g/mol. The summed E-state index contributed by atoms with van der Waals surface area (Å²) in [6.45, 7) is 3.88. The van der Waals surface area contributed by atoms with E-state index in [1.54, 1.807) is 0 Å². The van der Waals surface area contributed by atoms with Gasteiger partial charge >= 0.3 is 0 Å². The molecule has 5 nitrogen and oxygen atoms in total. The molecule has 1 amide bonds. The number of halogens is 1. The molecule has 1 aromatic carbocycles. The minimum absolute atomic E-state index is 0.0722. The van der Waals surface area contributed by atoms with Crippen molar-refractivity contribution in [3.05, 3.63) is 40.3 Å². The number of piperidine rings is 1. The number of amides is 1. The van der Waals surface area contributed by atoms with E-state index in [0.717, 1.165) is 47.4 Å². The zero-order valence-corrected chi connectivity index (χ0v) is 15.4. The predicted octanol–water partition coefficient (Wildman–Crippen LogP) is 3.21. The zero-order valence-electron chi connectivity index (χ0n) is 13.8. The number of nitrogens with zero attached hydrogens (tertiary/aromatic N) is 1. The standard InChI is InChI=1S/C18H22BrN3O2/c1-12-18(13-2-4-14(19)5-3-13)24-17(21-12)7-6-16(23)22-15-8-10-20-11-9-15/h2-5,15,20H,6-11H2,1H3,(H,22,23). The van der Waals surface area contributed by atoms with E-state index >= 15 is 0 Å². The van der Waals surface area contributed by atoms with E-state index < -0.39 is 0 Å². The summed E-state index contributed by atoms with van der Waals surface area (Å²) in [4.78, 5) is 16.5. The van der Waals surface area contributed by atoms with Gasteiger partial charge in [-0.3, -0.25) is 4.79 Å². The van der Waals surface area contributed by atoms with Crippen LogP contribution in [0.15, 0.2) is 33.2 Å². The number of aryl methyl sites for hydroxylation is 2. The lowest BCUT2D eigenvalue weighted by atomic mass is 10.1. The van der Waals surface area contributed by atoms with E-state index in [1.165, 1.54) is 0 Å². The number of nitrogens with one attached hydrogen (secondary N) is 2. The van der Waals surface area contributed by atoms with Crippen molar-refractivity contribution >= 4 is 21.8 Å². The van der Waals surface area contributed by atoms with Crippen LogP contribution in [0, 0.1) is 6.92 Å². The fraction of sp³-hybridized carbons (Fsp3) is 0.444. The molecule has 0 atom stereocenters. The summed E-state index contributed by atoms with van der Waals surface area (Å²) in [7, 11) is 0. The molecule has 0 unspecified atom stereocenters. The van der Waals surface area contributed by atoms with Crippen molar-refractivity contribution < 1.29 is 9.21 Å². The normalized spacial score (nSPS) is 15.4. The second-order valence-corrected chi connectivity index (χ2v) is 7.04. The first-order valence-corrected chi connectivity index (χ1v) is 9.13. The molecular formula is C18H22BrN3O2. The SMILES string of the molecule is Cc1nc(CCC(=O)NC2CCNCC2)oc1-c1ccc(Br)cc1. The molecule has 3 rings (SSSR count). The first-order chi connectivity index (χ1) is 11.6. The number of rotatable bonds is 5. The summed E-state index contributed by atoms with van der Waals surface area (Å²) in [6, 6.07) is 8.23. The van der Waals surface area contributed by atoms with Gasteiger partial charge in [0.25, 0.3) is 0 Å². The summed E-state index contributed by atoms with van der Waals surface area (Å²) in [5.41, 5.74) is 1.85. The van der Waals surface area contributed by atoms with Gasteiger partial charge in [-0.2, -0.15) is 0 Å². The Morgan fingerprint density at radius 3 is 2.75 bits per heavy atom. The Morgan fingerprint density at radius 1 is 1.33 bits per heavy atom. The lowest BCUT2D eigenvalue weighted by Crippen LogP contribution is -2.42. The van der Waals surface area contributed by atoms with Gasteiger partial charge < -0.3 is 15.1 Å². The molecule has 0 saturated carbocycles. The minimum atomic E-state index is 0.0722. The molecule has 128 valence electrons. The molecule has 1 aliphatic heterocycles. The minimum Gasteiger partial charge on any atom is -0.440 e. The van der Waals surface area contributed by atoms with Crippen LogP contribution in [-0.2, 0) is 11.2 Å². The van der Waals surface area contributed by atoms with Crippen LogP contribution in [0.5, 0.6) is 0 Å². The van der Waals surface area contributed by atoms with E-state index in [4.69, 9.17) is 4.42 Å². The topological polar surface area (TPSA) is 67.2 Å². The number of carbonyl (C=O) groups is 1. The zero-order chi connectivity index (χ0) is 16.9. The molecule has 0 radical (unpaired) electrons. The molecule has 24 heavy (non-hydrogen) atoms. The molecule has 2 N–H and O–H groups in total. The van der Waals surface area contributed by atoms with Crippen LogP contribution in [0.4, 0.5) is 0 Å². The van der Waals surface area contributed by atoms with Gasteiger partial charge in [0, 0.05) is 28.9 Å². The van der Waals surface area contributed by atoms with Gasteiger partial charge in [-0.1, -0.05) is 28.1 Å². The van der Waals surface area contributed by atoms with Crippen molar-refractivity contribution in [2.24, 2.45) is 0 Å². The number of hydrogen-bond donors (Lipinski definition) is 2. The third-order valence-electron chi connectivity index (χ3n) is 4.22. The molecule has 0 aliphatic carbocycles. The second-order valence-electron chi connectivity index (χ2n) is 6.12. The maximum atomic E-state index is 12.1. The molecule has 1 fully saturated rings. The highest BCUT2D eigenvalue weighted by Gasteiger charge is 2.17. The van der Waals surface area contributed by atoms with Crippen LogP contribution in [0.2, 0.25) is 0 Å². The largest absolute Gasteiger partial charge is 0.440 e. The van der Waals surface area contributed by atoms with Crippen molar-refractivity contribution in [1.82, 2.24) is 15.6 Å². The average Bonchev–Trinajstić information content (AvgIpc) is 2.95. The molecule has 1 aliphatic rings. The van der Waals surface area contributed by atoms with Crippen molar-refractivity contribution in [1.29, 1.82) is 0 Å². The van der Waals surface area contributed by atoms with E-state index in [-0.39, 0.29) is 5.91 Å². The van der Waals surface area contributed by atoms with Gasteiger partial charge in [0.15, 0.2) is 11.7 Å².